The van der Waals surface area contributed by atoms with E-state index in [0.717, 1.165) is 11.0 Å². The number of nitrogens with one attached hydrogen (secondary N) is 1. The van der Waals surface area contributed by atoms with Crippen molar-refractivity contribution in [2.24, 2.45) is 0 Å². The molecule has 0 saturated carbocycles. The Balaban J connectivity index is 2.07. The molecule has 2 aromatic rings. The first-order chi connectivity index (χ1) is 9.10. The summed E-state index contributed by atoms with van der Waals surface area (Å²) in [5, 5.41) is 11.2. The number of halogens is 1. The van der Waals surface area contributed by atoms with E-state index in [1.54, 1.807) is 0 Å². The van der Waals surface area contributed by atoms with Crippen LogP contribution in [-0.2, 0) is 6.54 Å². The molecule has 0 aliphatic heterocycles. The maximum Gasteiger partial charge on any atom is 0.318 e. The Kier molecular flexibility index (Phi) is 4.55. The highest BCUT2D eigenvalue weighted by Gasteiger charge is 2.14. The molecule has 1 aromatic carbocycles. The van der Waals surface area contributed by atoms with Gasteiger partial charge in [0.2, 0.25) is 5.89 Å². The zero-order chi connectivity index (χ0) is 13.8. The number of hydrogen-bond acceptors (Lipinski definition) is 5. The van der Waals surface area contributed by atoms with Crippen LogP contribution in [0.4, 0.5) is 6.01 Å². The summed E-state index contributed by atoms with van der Waals surface area (Å²) in [7, 11) is 3.79. The highest BCUT2D eigenvalue weighted by molar-refractivity contribution is 9.10. The van der Waals surface area contributed by atoms with Crippen molar-refractivity contribution in [1.82, 2.24) is 15.5 Å². The van der Waals surface area contributed by atoms with Gasteiger partial charge in [-0.05, 0) is 31.7 Å². The third kappa shape index (κ3) is 3.54. The van der Waals surface area contributed by atoms with Gasteiger partial charge in [0.05, 0.1) is 6.04 Å². The van der Waals surface area contributed by atoms with Crippen LogP contribution in [0.5, 0.6) is 0 Å². The molecule has 0 amide bonds. The maximum atomic E-state index is 5.63. The molecule has 0 radical (unpaired) electrons. The van der Waals surface area contributed by atoms with Crippen molar-refractivity contribution in [3.05, 3.63) is 40.2 Å². The second-order valence-electron chi connectivity index (χ2n) is 4.42. The van der Waals surface area contributed by atoms with Crippen LogP contribution >= 0.6 is 15.9 Å². The Bertz CT molecular complexity index is 543. The summed E-state index contributed by atoms with van der Waals surface area (Å²) in [6, 6.07) is 8.73. The van der Waals surface area contributed by atoms with Crippen molar-refractivity contribution in [3.8, 4) is 0 Å². The van der Waals surface area contributed by atoms with Crippen LogP contribution in [-0.4, -0.2) is 24.3 Å². The molecule has 1 N–H and O–H groups in total. The van der Waals surface area contributed by atoms with Crippen LogP contribution in [0.1, 0.15) is 24.4 Å². The van der Waals surface area contributed by atoms with E-state index in [9.17, 15) is 0 Å². The quantitative estimate of drug-likeness (QED) is 0.916. The molecule has 0 spiro atoms. The number of anilines is 1. The molecule has 0 aliphatic rings. The average molecular weight is 325 g/mol. The summed E-state index contributed by atoms with van der Waals surface area (Å²) >= 11 is 3.46. The molecule has 1 heterocycles. The number of benzene rings is 1. The van der Waals surface area contributed by atoms with Crippen LogP contribution in [0.3, 0.4) is 0 Å². The fraction of sp³-hybridized carbons (Fsp3) is 0.385. The first-order valence-electron chi connectivity index (χ1n) is 6.06. The van der Waals surface area contributed by atoms with Crippen LogP contribution in [0.2, 0.25) is 0 Å². The molecule has 2 rings (SSSR count). The smallest absolute Gasteiger partial charge is 0.318 e. The number of aromatic nitrogens is 2. The first-order valence-corrected chi connectivity index (χ1v) is 6.85. The van der Waals surface area contributed by atoms with Gasteiger partial charge < -0.3 is 14.6 Å². The summed E-state index contributed by atoms with van der Waals surface area (Å²) in [5.41, 5.74) is 1.18. The minimum Gasteiger partial charge on any atom is -0.406 e. The molecule has 5 nitrogen and oxygen atoms in total. The highest BCUT2D eigenvalue weighted by Crippen LogP contribution is 2.19. The molecule has 0 bridgehead atoms. The van der Waals surface area contributed by atoms with Gasteiger partial charge in [-0.15, -0.1) is 5.10 Å². The number of rotatable bonds is 5. The summed E-state index contributed by atoms with van der Waals surface area (Å²) in [5.74, 6) is 0.596. The zero-order valence-corrected chi connectivity index (χ0v) is 12.8. The molecular formula is C13H17BrN4O. The Morgan fingerprint density at radius 2 is 2.21 bits per heavy atom. The highest BCUT2D eigenvalue weighted by atomic mass is 79.9. The van der Waals surface area contributed by atoms with Crippen molar-refractivity contribution in [2.45, 2.75) is 19.5 Å². The van der Waals surface area contributed by atoms with Gasteiger partial charge in [-0.25, -0.2) is 0 Å². The Morgan fingerprint density at radius 1 is 1.42 bits per heavy atom. The Morgan fingerprint density at radius 3 is 2.89 bits per heavy atom. The lowest BCUT2D eigenvalue weighted by atomic mass is 10.2. The molecule has 6 heteroatoms. The third-order valence-corrected chi connectivity index (χ3v) is 3.36. The molecule has 102 valence electrons. The van der Waals surface area contributed by atoms with Gasteiger partial charge in [-0.1, -0.05) is 33.2 Å². The third-order valence-electron chi connectivity index (χ3n) is 2.87. The van der Waals surface area contributed by atoms with Crippen LogP contribution in [0.15, 0.2) is 33.2 Å². The zero-order valence-electron chi connectivity index (χ0n) is 11.2. The van der Waals surface area contributed by atoms with Crippen LogP contribution in [0, 0.1) is 0 Å². The van der Waals surface area contributed by atoms with E-state index >= 15 is 0 Å². The minimum absolute atomic E-state index is 0.0560. The standard InChI is InChI=1S/C13H17BrN4O/c1-9(15-2)12-16-17-13(19-12)18(3)8-10-5-4-6-11(14)7-10/h4-7,9,15H,8H2,1-3H3. The molecule has 0 saturated heterocycles. The summed E-state index contributed by atoms with van der Waals surface area (Å²) < 4.78 is 6.69. The summed E-state index contributed by atoms with van der Waals surface area (Å²) in [6.07, 6.45) is 0. The molecule has 1 unspecified atom stereocenters. The van der Waals surface area contributed by atoms with Gasteiger partial charge >= 0.3 is 6.01 Å². The second-order valence-corrected chi connectivity index (χ2v) is 5.33. The molecule has 19 heavy (non-hydrogen) atoms. The molecule has 0 aliphatic carbocycles. The normalized spacial score (nSPS) is 12.4. The Labute approximate surface area is 121 Å². The van der Waals surface area contributed by atoms with Crippen LogP contribution in [0.25, 0.3) is 0 Å². The van der Waals surface area contributed by atoms with E-state index in [1.165, 1.54) is 5.56 Å². The predicted octanol–water partition coefficient (Wildman–Crippen LogP) is 2.75. The fourth-order valence-corrected chi connectivity index (χ4v) is 2.10. The lowest BCUT2D eigenvalue weighted by Gasteiger charge is -2.14. The van der Waals surface area contributed by atoms with E-state index in [2.05, 4.69) is 43.6 Å². The van der Waals surface area contributed by atoms with Gasteiger partial charge in [-0.2, -0.15) is 0 Å². The van der Waals surface area contributed by atoms with E-state index in [4.69, 9.17) is 4.42 Å². The molecule has 0 fully saturated rings. The Hall–Kier alpha value is -1.40. The van der Waals surface area contributed by atoms with E-state index in [1.807, 2.05) is 38.1 Å². The van der Waals surface area contributed by atoms with E-state index in [0.29, 0.717) is 11.9 Å². The maximum absolute atomic E-state index is 5.63. The van der Waals surface area contributed by atoms with E-state index < -0.39 is 0 Å². The molecular weight excluding hydrogens is 308 g/mol. The largest absolute Gasteiger partial charge is 0.406 e. The summed E-state index contributed by atoms with van der Waals surface area (Å²) in [6.45, 7) is 2.70. The number of nitrogens with zero attached hydrogens (tertiary/aromatic N) is 3. The van der Waals surface area contributed by atoms with Gasteiger partial charge in [-0.3, -0.25) is 0 Å². The lowest BCUT2D eigenvalue weighted by Crippen LogP contribution is -2.16. The van der Waals surface area contributed by atoms with Gasteiger partial charge in [0.15, 0.2) is 0 Å². The van der Waals surface area contributed by atoms with Crippen LogP contribution < -0.4 is 10.2 Å². The van der Waals surface area contributed by atoms with Crippen molar-refractivity contribution >= 4 is 21.9 Å². The lowest BCUT2D eigenvalue weighted by molar-refractivity contribution is 0.432. The van der Waals surface area contributed by atoms with Crippen molar-refractivity contribution < 1.29 is 4.42 Å². The van der Waals surface area contributed by atoms with Gasteiger partial charge in [0.1, 0.15) is 0 Å². The van der Waals surface area contributed by atoms with Crippen molar-refractivity contribution in [1.29, 1.82) is 0 Å². The summed E-state index contributed by atoms with van der Waals surface area (Å²) in [4.78, 5) is 1.93. The van der Waals surface area contributed by atoms with E-state index in [-0.39, 0.29) is 6.04 Å². The van der Waals surface area contributed by atoms with Crippen molar-refractivity contribution in [3.63, 3.8) is 0 Å². The molecule has 1 atom stereocenters. The minimum atomic E-state index is 0.0560. The topological polar surface area (TPSA) is 54.2 Å². The predicted molar refractivity (Wildman–Crippen MR) is 78.0 cm³/mol. The first kappa shape index (κ1) is 14.0. The molecule has 1 aromatic heterocycles. The van der Waals surface area contributed by atoms with Gasteiger partial charge in [0.25, 0.3) is 0 Å². The fourth-order valence-electron chi connectivity index (χ4n) is 1.66. The monoisotopic (exact) mass is 324 g/mol. The van der Waals surface area contributed by atoms with Gasteiger partial charge in [0, 0.05) is 18.1 Å². The number of hydrogen-bond donors (Lipinski definition) is 1. The van der Waals surface area contributed by atoms with Crippen molar-refractivity contribution in [2.75, 3.05) is 19.0 Å². The second kappa shape index (κ2) is 6.16. The SMILES string of the molecule is CNC(C)c1nnc(N(C)Cc2cccc(Br)c2)o1. The average Bonchev–Trinajstić information content (AvgIpc) is 2.87.